The van der Waals surface area contributed by atoms with Gasteiger partial charge in [-0.1, -0.05) is 19.8 Å². The zero-order valence-electron chi connectivity index (χ0n) is 18.0. The number of hydrogen-bond acceptors (Lipinski definition) is 4. The Kier molecular flexibility index (Phi) is 9.74. The van der Waals surface area contributed by atoms with Crippen molar-refractivity contribution in [2.75, 3.05) is 30.9 Å². The quantitative estimate of drug-likeness (QED) is 0.260. The number of benzene rings is 1. The van der Waals surface area contributed by atoms with Crippen LogP contribution in [0.3, 0.4) is 0 Å². The molecule has 2 rings (SSSR count). The standard InChI is InChI=1S/C22H34ClN4O2/c1-4-15-26(16-14-23)18-12-13-20-19(17-18)24-21(27(20)5-2)10-8-6-7-9-11-22(28)25(3)29/h12-13,17H,4-11,14-16H2,1-3H3/q-1. The molecule has 0 radical (unpaired) electrons. The molecule has 0 bridgehead atoms. The number of amides is 1. The van der Waals surface area contributed by atoms with E-state index in [9.17, 15) is 10.0 Å². The van der Waals surface area contributed by atoms with Gasteiger partial charge in [-0.15, -0.1) is 11.6 Å². The molecule has 0 aliphatic rings. The van der Waals surface area contributed by atoms with Gasteiger partial charge in [0.05, 0.1) is 11.0 Å². The lowest BCUT2D eigenvalue weighted by Crippen LogP contribution is -2.26. The third-order valence-electron chi connectivity index (χ3n) is 5.23. The van der Waals surface area contributed by atoms with E-state index >= 15 is 0 Å². The van der Waals surface area contributed by atoms with Gasteiger partial charge in [0, 0.05) is 44.0 Å². The summed E-state index contributed by atoms with van der Waals surface area (Å²) >= 11 is 5.98. The van der Waals surface area contributed by atoms with Gasteiger partial charge < -0.3 is 19.7 Å². The van der Waals surface area contributed by atoms with Crippen molar-refractivity contribution in [3.05, 3.63) is 29.2 Å². The Morgan fingerprint density at radius 1 is 1.17 bits per heavy atom. The normalized spacial score (nSPS) is 11.2. The Labute approximate surface area is 179 Å². The number of alkyl halides is 1. The second kappa shape index (κ2) is 12.0. The third kappa shape index (κ3) is 6.61. The smallest absolute Gasteiger partial charge is 0.211 e. The molecule has 0 fully saturated rings. The number of hydroxylamine groups is 2. The summed E-state index contributed by atoms with van der Waals surface area (Å²) in [6.45, 7) is 7.06. The molecule has 1 aromatic carbocycles. The van der Waals surface area contributed by atoms with Crippen LogP contribution in [0.5, 0.6) is 0 Å². The lowest BCUT2D eigenvalue weighted by atomic mass is 10.1. The molecule has 1 heterocycles. The number of unbranched alkanes of at least 4 members (excludes halogenated alkanes) is 3. The number of anilines is 1. The first-order valence-electron chi connectivity index (χ1n) is 10.8. The fourth-order valence-corrected chi connectivity index (χ4v) is 3.92. The van der Waals surface area contributed by atoms with Crippen LogP contribution >= 0.6 is 11.6 Å². The largest absolute Gasteiger partial charge is 0.756 e. The average molecular weight is 422 g/mol. The minimum Gasteiger partial charge on any atom is -0.756 e. The molecule has 0 atom stereocenters. The molecule has 7 heteroatoms. The van der Waals surface area contributed by atoms with E-state index in [0.29, 0.717) is 17.4 Å². The Bertz CT molecular complexity index is 770. The van der Waals surface area contributed by atoms with Crippen LogP contribution in [-0.2, 0) is 17.8 Å². The van der Waals surface area contributed by atoms with E-state index in [4.69, 9.17) is 16.6 Å². The first-order valence-corrected chi connectivity index (χ1v) is 11.3. The highest BCUT2D eigenvalue weighted by molar-refractivity contribution is 6.18. The zero-order valence-corrected chi connectivity index (χ0v) is 18.7. The lowest BCUT2D eigenvalue weighted by Gasteiger charge is -2.23. The minimum absolute atomic E-state index is 0.333. The van der Waals surface area contributed by atoms with Crippen LogP contribution < -0.4 is 4.90 Å². The Morgan fingerprint density at radius 2 is 1.93 bits per heavy atom. The SMILES string of the molecule is CCCN(CCCl)c1ccc2c(c1)nc(CCCCCCC(=O)N(C)[O-])n2CC. The van der Waals surface area contributed by atoms with Crippen molar-refractivity contribution >= 4 is 34.2 Å². The van der Waals surface area contributed by atoms with Crippen LogP contribution in [0.4, 0.5) is 5.69 Å². The number of hydrogen-bond donors (Lipinski definition) is 0. The van der Waals surface area contributed by atoms with Gasteiger partial charge in [-0.25, -0.2) is 4.98 Å². The summed E-state index contributed by atoms with van der Waals surface area (Å²) in [6, 6.07) is 6.52. The van der Waals surface area contributed by atoms with Gasteiger partial charge in [0.2, 0.25) is 5.91 Å². The van der Waals surface area contributed by atoms with Gasteiger partial charge in [-0.2, -0.15) is 0 Å². The van der Waals surface area contributed by atoms with Crippen LogP contribution in [0.25, 0.3) is 11.0 Å². The van der Waals surface area contributed by atoms with Crippen molar-refractivity contribution in [3.8, 4) is 0 Å². The third-order valence-corrected chi connectivity index (χ3v) is 5.40. The van der Waals surface area contributed by atoms with Gasteiger partial charge in [0.25, 0.3) is 0 Å². The molecule has 1 aromatic heterocycles. The number of imidazole rings is 1. The molecule has 6 nitrogen and oxygen atoms in total. The van der Waals surface area contributed by atoms with E-state index in [-0.39, 0.29) is 5.91 Å². The monoisotopic (exact) mass is 421 g/mol. The molecule has 0 aliphatic heterocycles. The van der Waals surface area contributed by atoms with Crippen molar-refractivity contribution < 1.29 is 4.79 Å². The summed E-state index contributed by atoms with van der Waals surface area (Å²) in [5, 5.41) is 11.3. The summed E-state index contributed by atoms with van der Waals surface area (Å²) < 4.78 is 2.29. The molecule has 0 saturated heterocycles. The molecule has 0 saturated carbocycles. The summed E-state index contributed by atoms with van der Waals surface area (Å²) in [5.74, 6) is 1.40. The van der Waals surface area contributed by atoms with Crippen LogP contribution in [0, 0.1) is 5.21 Å². The number of fused-ring (bicyclic) bond motifs is 1. The molecule has 2 aromatic rings. The van der Waals surface area contributed by atoms with Crippen molar-refractivity contribution in [1.29, 1.82) is 0 Å². The average Bonchev–Trinajstić information content (AvgIpc) is 3.06. The second-order valence-electron chi connectivity index (χ2n) is 7.43. The van der Waals surface area contributed by atoms with E-state index in [1.54, 1.807) is 0 Å². The fourth-order valence-electron chi connectivity index (χ4n) is 3.72. The topological polar surface area (TPSA) is 64.4 Å². The molecule has 0 N–H and O–H groups in total. The van der Waals surface area contributed by atoms with Crippen molar-refractivity contribution in [1.82, 2.24) is 14.6 Å². The van der Waals surface area contributed by atoms with E-state index in [2.05, 4.69) is 41.5 Å². The van der Waals surface area contributed by atoms with Gasteiger partial charge in [0.15, 0.2) is 0 Å². The summed E-state index contributed by atoms with van der Waals surface area (Å²) in [6.07, 6.45) is 6.15. The fraction of sp³-hybridized carbons (Fsp3) is 0.636. The molecule has 0 spiro atoms. The highest BCUT2D eigenvalue weighted by atomic mass is 35.5. The van der Waals surface area contributed by atoms with Crippen LogP contribution in [0.2, 0.25) is 0 Å². The summed E-state index contributed by atoms with van der Waals surface area (Å²) in [5.41, 5.74) is 3.40. The van der Waals surface area contributed by atoms with Crippen molar-refractivity contribution in [3.63, 3.8) is 0 Å². The first-order chi connectivity index (χ1) is 14.0. The number of carbonyl (C=O) groups is 1. The molecule has 0 aliphatic carbocycles. The summed E-state index contributed by atoms with van der Waals surface area (Å²) in [4.78, 5) is 18.6. The van der Waals surface area contributed by atoms with E-state index < -0.39 is 0 Å². The summed E-state index contributed by atoms with van der Waals surface area (Å²) in [7, 11) is 1.26. The molecule has 162 valence electrons. The van der Waals surface area contributed by atoms with Crippen molar-refractivity contribution in [2.45, 2.75) is 65.3 Å². The van der Waals surface area contributed by atoms with Crippen LogP contribution in [0.15, 0.2) is 18.2 Å². The minimum atomic E-state index is -0.333. The van der Waals surface area contributed by atoms with Gasteiger partial charge in [-0.3, -0.25) is 4.79 Å². The Hall–Kier alpha value is -1.79. The van der Waals surface area contributed by atoms with E-state index in [0.717, 1.165) is 69.5 Å². The maximum Gasteiger partial charge on any atom is 0.211 e. The van der Waals surface area contributed by atoms with Gasteiger partial charge in [0.1, 0.15) is 5.82 Å². The lowest BCUT2D eigenvalue weighted by molar-refractivity contribution is -0.127. The van der Waals surface area contributed by atoms with Gasteiger partial charge >= 0.3 is 0 Å². The number of aryl methyl sites for hydroxylation is 2. The van der Waals surface area contributed by atoms with Crippen LogP contribution in [-0.4, -0.2) is 46.5 Å². The highest BCUT2D eigenvalue weighted by Crippen LogP contribution is 2.24. The molecular weight excluding hydrogens is 388 g/mol. The molecule has 29 heavy (non-hydrogen) atoms. The van der Waals surface area contributed by atoms with E-state index in [1.165, 1.54) is 18.3 Å². The van der Waals surface area contributed by atoms with Crippen molar-refractivity contribution in [2.24, 2.45) is 0 Å². The highest BCUT2D eigenvalue weighted by Gasteiger charge is 2.12. The molecular formula is C22H34ClN4O2-. The molecule has 0 unspecified atom stereocenters. The molecule has 1 amide bonds. The predicted octanol–water partition coefficient (Wildman–Crippen LogP) is 4.96. The number of carbonyl (C=O) groups excluding carboxylic acids is 1. The predicted molar refractivity (Wildman–Crippen MR) is 122 cm³/mol. The maximum absolute atomic E-state index is 11.3. The zero-order chi connectivity index (χ0) is 21.2. The number of rotatable bonds is 13. The number of nitrogens with zero attached hydrogens (tertiary/aromatic N) is 4. The van der Waals surface area contributed by atoms with Gasteiger partial charge in [-0.05, 0) is 51.4 Å². The first kappa shape index (κ1) is 23.5. The van der Waals surface area contributed by atoms with Crippen LogP contribution in [0.1, 0.15) is 58.2 Å². The Balaban J connectivity index is 1.99. The second-order valence-corrected chi connectivity index (χ2v) is 7.80. The maximum atomic E-state index is 11.3. The Morgan fingerprint density at radius 3 is 2.59 bits per heavy atom. The number of aromatic nitrogens is 2. The number of halogens is 1. The van der Waals surface area contributed by atoms with E-state index in [1.807, 2.05) is 0 Å².